The van der Waals surface area contributed by atoms with Crippen LogP contribution in [0.1, 0.15) is 27.2 Å². The summed E-state index contributed by atoms with van der Waals surface area (Å²) in [5.41, 5.74) is -1.15. The van der Waals surface area contributed by atoms with Crippen LogP contribution in [0.4, 0.5) is 8.78 Å². The molecule has 0 spiro atoms. The molecule has 0 saturated carbocycles. The smallest absolute Gasteiger partial charge is 0.326 e. The number of aliphatic hydroxyl groups excluding tert-OH is 1. The predicted molar refractivity (Wildman–Crippen MR) is 45.9 cm³/mol. The Hall–Kier alpha value is -0.260. The molecule has 5 heteroatoms. The molecule has 1 saturated heterocycles. The average molecular weight is 210 g/mol. The van der Waals surface area contributed by atoms with Crippen LogP contribution in [0.5, 0.6) is 0 Å². The number of ether oxygens (including phenoxy) is 1. The van der Waals surface area contributed by atoms with E-state index in [1.54, 1.807) is 0 Å². The molecule has 1 aliphatic rings. The van der Waals surface area contributed by atoms with Crippen LogP contribution < -0.4 is 0 Å². The van der Waals surface area contributed by atoms with Crippen LogP contribution in [0.2, 0.25) is 0 Å². The summed E-state index contributed by atoms with van der Waals surface area (Å²) in [6.07, 6.45) is -2.01. The van der Waals surface area contributed by atoms with E-state index in [1.807, 2.05) is 0 Å². The van der Waals surface area contributed by atoms with Crippen molar-refractivity contribution in [2.24, 2.45) is 5.41 Å². The van der Waals surface area contributed by atoms with Crippen molar-refractivity contribution < 1.29 is 23.7 Å². The molecular weight excluding hydrogens is 194 g/mol. The van der Waals surface area contributed by atoms with Crippen LogP contribution in [-0.4, -0.2) is 34.6 Å². The van der Waals surface area contributed by atoms with E-state index in [2.05, 4.69) is 0 Å². The molecule has 84 valence electrons. The zero-order valence-electron chi connectivity index (χ0n) is 8.55. The van der Waals surface area contributed by atoms with Gasteiger partial charge in [-0.25, -0.2) is 0 Å². The molecule has 1 aliphatic heterocycles. The fourth-order valence-electron chi connectivity index (χ4n) is 1.54. The minimum atomic E-state index is -3.64. The van der Waals surface area contributed by atoms with E-state index < -0.39 is 23.2 Å². The standard InChI is InChI=1S/C9H16F2O3/c1-7(2,3)9(13)8(10,11)6(12)4-5-14-9/h6,12-13H,4-5H2,1-3H3/t6-,9-/m0/s1. The highest BCUT2D eigenvalue weighted by molar-refractivity contribution is 5.00. The molecule has 1 heterocycles. The molecule has 0 aliphatic carbocycles. The summed E-state index contributed by atoms with van der Waals surface area (Å²) < 4.78 is 31.8. The second-order valence-corrected chi connectivity index (χ2v) is 4.67. The quantitative estimate of drug-likeness (QED) is 0.630. The molecule has 2 atom stereocenters. The Kier molecular flexibility index (Phi) is 2.63. The van der Waals surface area contributed by atoms with E-state index >= 15 is 0 Å². The van der Waals surface area contributed by atoms with Gasteiger partial charge >= 0.3 is 5.92 Å². The van der Waals surface area contributed by atoms with Crippen molar-refractivity contribution in [3.8, 4) is 0 Å². The number of alkyl halides is 2. The van der Waals surface area contributed by atoms with Crippen molar-refractivity contribution in [2.75, 3.05) is 6.61 Å². The first kappa shape index (κ1) is 11.8. The van der Waals surface area contributed by atoms with Crippen LogP contribution in [0, 0.1) is 5.41 Å². The van der Waals surface area contributed by atoms with E-state index in [-0.39, 0.29) is 13.0 Å². The Morgan fingerprint density at radius 1 is 1.36 bits per heavy atom. The van der Waals surface area contributed by atoms with Crippen molar-refractivity contribution in [3.05, 3.63) is 0 Å². The summed E-state index contributed by atoms with van der Waals surface area (Å²) in [5.74, 6) is -6.23. The molecule has 0 aromatic heterocycles. The molecular formula is C9H16F2O3. The fraction of sp³-hybridized carbons (Fsp3) is 1.00. The Morgan fingerprint density at radius 3 is 2.21 bits per heavy atom. The van der Waals surface area contributed by atoms with Gasteiger partial charge in [-0.3, -0.25) is 0 Å². The highest BCUT2D eigenvalue weighted by Gasteiger charge is 2.66. The molecule has 1 rings (SSSR count). The van der Waals surface area contributed by atoms with Crippen molar-refractivity contribution in [1.82, 2.24) is 0 Å². The van der Waals surface area contributed by atoms with Gasteiger partial charge in [-0.15, -0.1) is 0 Å². The number of hydrogen-bond acceptors (Lipinski definition) is 3. The van der Waals surface area contributed by atoms with Gasteiger partial charge in [0.2, 0.25) is 5.79 Å². The van der Waals surface area contributed by atoms with Gasteiger partial charge in [0.1, 0.15) is 6.10 Å². The lowest BCUT2D eigenvalue weighted by Crippen LogP contribution is -2.66. The molecule has 14 heavy (non-hydrogen) atoms. The maximum absolute atomic E-state index is 13.5. The molecule has 3 nitrogen and oxygen atoms in total. The van der Waals surface area contributed by atoms with Crippen LogP contribution >= 0.6 is 0 Å². The van der Waals surface area contributed by atoms with Crippen molar-refractivity contribution in [3.63, 3.8) is 0 Å². The molecule has 0 aromatic carbocycles. The molecule has 0 aromatic rings. The van der Waals surface area contributed by atoms with Gasteiger partial charge in [-0.2, -0.15) is 8.78 Å². The van der Waals surface area contributed by atoms with Gasteiger partial charge in [0.25, 0.3) is 0 Å². The summed E-state index contributed by atoms with van der Waals surface area (Å²) in [6, 6.07) is 0. The topological polar surface area (TPSA) is 49.7 Å². The number of rotatable bonds is 0. The third-order valence-corrected chi connectivity index (χ3v) is 2.59. The first-order valence-corrected chi connectivity index (χ1v) is 4.55. The van der Waals surface area contributed by atoms with Crippen molar-refractivity contribution in [1.29, 1.82) is 0 Å². The minimum absolute atomic E-state index is 0.0650. The first-order chi connectivity index (χ1) is 6.13. The second kappa shape index (κ2) is 3.12. The van der Waals surface area contributed by atoms with E-state index in [4.69, 9.17) is 9.84 Å². The van der Waals surface area contributed by atoms with Crippen LogP contribution in [0.25, 0.3) is 0 Å². The van der Waals surface area contributed by atoms with E-state index in [0.29, 0.717) is 0 Å². The van der Waals surface area contributed by atoms with Gasteiger partial charge in [-0.1, -0.05) is 20.8 Å². The van der Waals surface area contributed by atoms with Gasteiger partial charge in [0.05, 0.1) is 6.61 Å². The monoisotopic (exact) mass is 210 g/mol. The summed E-state index contributed by atoms with van der Waals surface area (Å²) in [7, 11) is 0. The number of halogens is 2. The number of hydrogen-bond donors (Lipinski definition) is 2. The van der Waals surface area contributed by atoms with E-state index in [9.17, 15) is 13.9 Å². The zero-order chi connectivity index (χ0) is 11.2. The van der Waals surface area contributed by atoms with Gasteiger partial charge in [0.15, 0.2) is 0 Å². The summed E-state index contributed by atoms with van der Waals surface area (Å²) in [5, 5.41) is 18.9. The van der Waals surface area contributed by atoms with Crippen LogP contribution in [-0.2, 0) is 4.74 Å². The van der Waals surface area contributed by atoms with E-state index in [0.717, 1.165) is 0 Å². The highest BCUT2D eigenvalue weighted by Crippen LogP contribution is 2.48. The fourth-order valence-corrected chi connectivity index (χ4v) is 1.54. The molecule has 0 amide bonds. The largest absolute Gasteiger partial charge is 0.387 e. The Balaban J connectivity index is 3.07. The van der Waals surface area contributed by atoms with Crippen LogP contribution in [0.3, 0.4) is 0 Å². The molecule has 0 bridgehead atoms. The zero-order valence-corrected chi connectivity index (χ0v) is 8.55. The minimum Gasteiger partial charge on any atom is -0.387 e. The van der Waals surface area contributed by atoms with Gasteiger partial charge < -0.3 is 14.9 Å². The SMILES string of the molecule is CC(C)(C)[C@]1(O)OCC[C@H](O)C1(F)F. The molecule has 2 N–H and O–H groups in total. The molecule has 1 fully saturated rings. The predicted octanol–water partition coefficient (Wildman–Crippen LogP) is 1.14. The first-order valence-electron chi connectivity index (χ1n) is 4.55. The lowest BCUT2D eigenvalue weighted by Gasteiger charge is -2.48. The Bertz CT molecular complexity index is 225. The maximum Gasteiger partial charge on any atom is 0.326 e. The summed E-state index contributed by atoms with van der Waals surface area (Å²) >= 11 is 0. The van der Waals surface area contributed by atoms with Gasteiger partial charge in [-0.05, 0) is 0 Å². The Labute approximate surface area is 81.7 Å². The third-order valence-electron chi connectivity index (χ3n) is 2.59. The molecule has 0 radical (unpaired) electrons. The second-order valence-electron chi connectivity index (χ2n) is 4.67. The molecule has 0 unspecified atom stereocenters. The summed E-state index contributed by atoms with van der Waals surface area (Å²) in [6.45, 7) is 4.27. The number of aliphatic hydroxyl groups is 2. The van der Waals surface area contributed by atoms with Crippen LogP contribution in [0.15, 0.2) is 0 Å². The van der Waals surface area contributed by atoms with E-state index in [1.165, 1.54) is 20.8 Å². The third kappa shape index (κ3) is 1.43. The van der Waals surface area contributed by atoms with Crippen molar-refractivity contribution >= 4 is 0 Å². The normalized spacial score (nSPS) is 38.4. The average Bonchev–Trinajstić information content (AvgIpc) is 1.98. The lowest BCUT2D eigenvalue weighted by molar-refractivity contribution is -0.400. The highest BCUT2D eigenvalue weighted by atomic mass is 19.3. The summed E-state index contributed by atoms with van der Waals surface area (Å²) in [4.78, 5) is 0. The van der Waals surface area contributed by atoms with Gasteiger partial charge in [0, 0.05) is 11.8 Å². The lowest BCUT2D eigenvalue weighted by atomic mass is 9.78. The van der Waals surface area contributed by atoms with Crippen molar-refractivity contribution in [2.45, 2.75) is 45.0 Å². The maximum atomic E-state index is 13.5. The Morgan fingerprint density at radius 2 is 1.86 bits per heavy atom.